The molecule has 2 rings (SSSR count). The summed E-state index contributed by atoms with van der Waals surface area (Å²) in [6, 6.07) is 0. The zero-order chi connectivity index (χ0) is 9.42. The Hall–Kier alpha value is 0.0400. The Balaban J connectivity index is 2.44. The Morgan fingerprint density at radius 2 is 2.31 bits per heavy atom. The third-order valence-corrected chi connectivity index (χ3v) is 4.01. The SMILES string of the molecule is CC(C)c1nc2n(c1Br)CCSC2. The van der Waals surface area contributed by atoms with Crippen LogP contribution in [0.4, 0.5) is 0 Å². The van der Waals surface area contributed by atoms with Crippen LogP contribution in [0.15, 0.2) is 4.60 Å². The molecule has 1 aromatic heterocycles. The van der Waals surface area contributed by atoms with E-state index in [1.165, 1.54) is 21.9 Å². The van der Waals surface area contributed by atoms with Gasteiger partial charge in [0, 0.05) is 12.3 Å². The molecule has 2 heterocycles. The molecule has 0 amide bonds. The average Bonchev–Trinajstić information content (AvgIpc) is 2.45. The van der Waals surface area contributed by atoms with Gasteiger partial charge in [0.05, 0.1) is 11.4 Å². The first-order valence-corrected chi connectivity index (χ1v) is 6.47. The van der Waals surface area contributed by atoms with Crippen LogP contribution in [0.25, 0.3) is 0 Å². The molecule has 1 aliphatic rings. The number of halogens is 1. The fourth-order valence-corrected chi connectivity index (χ4v) is 3.31. The van der Waals surface area contributed by atoms with E-state index >= 15 is 0 Å². The van der Waals surface area contributed by atoms with Crippen molar-refractivity contribution in [3.63, 3.8) is 0 Å². The minimum absolute atomic E-state index is 0.512. The van der Waals surface area contributed by atoms with E-state index in [2.05, 4.69) is 39.3 Å². The highest BCUT2D eigenvalue weighted by Crippen LogP contribution is 2.29. The number of aromatic nitrogens is 2. The van der Waals surface area contributed by atoms with Gasteiger partial charge in [-0.3, -0.25) is 0 Å². The van der Waals surface area contributed by atoms with Crippen molar-refractivity contribution in [2.45, 2.75) is 32.1 Å². The highest BCUT2D eigenvalue weighted by Gasteiger charge is 2.19. The van der Waals surface area contributed by atoms with E-state index < -0.39 is 0 Å². The molecule has 0 atom stereocenters. The molecule has 0 saturated carbocycles. The lowest BCUT2D eigenvalue weighted by Crippen LogP contribution is -2.10. The fourth-order valence-electron chi connectivity index (χ4n) is 1.52. The number of imidazole rings is 1. The van der Waals surface area contributed by atoms with E-state index in [9.17, 15) is 0 Å². The molecule has 0 bridgehead atoms. The quantitative estimate of drug-likeness (QED) is 0.773. The summed E-state index contributed by atoms with van der Waals surface area (Å²) >= 11 is 5.60. The molecule has 0 radical (unpaired) electrons. The van der Waals surface area contributed by atoms with Crippen LogP contribution in [0.2, 0.25) is 0 Å². The zero-order valence-electron chi connectivity index (χ0n) is 7.88. The molecule has 1 aromatic rings. The molecule has 0 spiro atoms. The van der Waals surface area contributed by atoms with Gasteiger partial charge in [0.25, 0.3) is 0 Å². The maximum atomic E-state index is 4.65. The van der Waals surface area contributed by atoms with Gasteiger partial charge in [-0.25, -0.2) is 4.98 Å². The Morgan fingerprint density at radius 3 is 2.92 bits per heavy atom. The molecular weight excluding hydrogens is 248 g/mol. The van der Waals surface area contributed by atoms with Gasteiger partial charge in [-0.05, 0) is 21.8 Å². The molecule has 0 saturated heterocycles. The lowest BCUT2D eigenvalue weighted by atomic mass is 10.2. The van der Waals surface area contributed by atoms with Crippen molar-refractivity contribution < 1.29 is 0 Å². The van der Waals surface area contributed by atoms with Crippen molar-refractivity contribution in [3.05, 3.63) is 16.1 Å². The topological polar surface area (TPSA) is 17.8 Å². The third kappa shape index (κ3) is 1.66. The van der Waals surface area contributed by atoms with E-state index in [0.717, 1.165) is 12.3 Å². The van der Waals surface area contributed by atoms with Crippen LogP contribution in [0.3, 0.4) is 0 Å². The average molecular weight is 261 g/mol. The highest BCUT2D eigenvalue weighted by molar-refractivity contribution is 9.10. The summed E-state index contributed by atoms with van der Waals surface area (Å²) in [4.78, 5) is 4.65. The van der Waals surface area contributed by atoms with Crippen LogP contribution < -0.4 is 0 Å². The summed E-state index contributed by atoms with van der Waals surface area (Å²) < 4.78 is 3.49. The van der Waals surface area contributed by atoms with E-state index in [4.69, 9.17) is 0 Å². The molecule has 0 fully saturated rings. The van der Waals surface area contributed by atoms with Gasteiger partial charge in [-0.1, -0.05) is 13.8 Å². The van der Waals surface area contributed by atoms with Gasteiger partial charge >= 0.3 is 0 Å². The van der Waals surface area contributed by atoms with Gasteiger partial charge in [0.15, 0.2) is 0 Å². The first-order valence-electron chi connectivity index (χ1n) is 4.52. The van der Waals surface area contributed by atoms with Crippen molar-refractivity contribution in [3.8, 4) is 0 Å². The third-order valence-electron chi connectivity index (χ3n) is 2.25. The number of rotatable bonds is 1. The molecule has 0 aliphatic carbocycles. The predicted octanol–water partition coefficient (Wildman–Crippen LogP) is 3.02. The van der Waals surface area contributed by atoms with Crippen LogP contribution in [-0.4, -0.2) is 15.3 Å². The smallest absolute Gasteiger partial charge is 0.119 e. The fraction of sp³-hybridized carbons (Fsp3) is 0.667. The van der Waals surface area contributed by atoms with Crippen LogP contribution in [0, 0.1) is 0 Å². The number of hydrogen-bond donors (Lipinski definition) is 0. The Labute approximate surface area is 91.2 Å². The van der Waals surface area contributed by atoms with Crippen molar-refractivity contribution in [2.75, 3.05) is 5.75 Å². The van der Waals surface area contributed by atoms with Gasteiger partial charge in [-0.15, -0.1) is 0 Å². The monoisotopic (exact) mass is 260 g/mol. The summed E-state index contributed by atoms with van der Waals surface area (Å²) in [7, 11) is 0. The van der Waals surface area contributed by atoms with Crippen LogP contribution in [-0.2, 0) is 12.3 Å². The minimum Gasteiger partial charge on any atom is -0.321 e. The maximum Gasteiger partial charge on any atom is 0.119 e. The highest BCUT2D eigenvalue weighted by atomic mass is 79.9. The van der Waals surface area contributed by atoms with Crippen LogP contribution in [0.1, 0.15) is 31.3 Å². The van der Waals surface area contributed by atoms with Crippen molar-refractivity contribution in [1.29, 1.82) is 0 Å². The van der Waals surface area contributed by atoms with Crippen molar-refractivity contribution >= 4 is 27.7 Å². The molecular formula is C9H13BrN2S. The Bertz CT molecular complexity index is 320. The van der Waals surface area contributed by atoms with E-state index in [0.29, 0.717) is 5.92 Å². The summed E-state index contributed by atoms with van der Waals surface area (Å²) in [6.07, 6.45) is 0. The normalized spacial score (nSPS) is 16.3. The van der Waals surface area contributed by atoms with Crippen molar-refractivity contribution in [1.82, 2.24) is 9.55 Å². The largest absolute Gasteiger partial charge is 0.321 e. The first-order chi connectivity index (χ1) is 6.20. The lowest BCUT2D eigenvalue weighted by molar-refractivity contribution is 0.702. The van der Waals surface area contributed by atoms with Crippen LogP contribution in [0.5, 0.6) is 0 Å². The van der Waals surface area contributed by atoms with Crippen molar-refractivity contribution in [2.24, 2.45) is 0 Å². The van der Waals surface area contributed by atoms with Crippen LogP contribution >= 0.6 is 27.7 Å². The molecule has 0 N–H and O–H groups in total. The Morgan fingerprint density at radius 1 is 1.54 bits per heavy atom. The second kappa shape index (κ2) is 3.65. The lowest BCUT2D eigenvalue weighted by Gasteiger charge is -2.13. The first kappa shape index (κ1) is 9.59. The van der Waals surface area contributed by atoms with E-state index in [1.54, 1.807) is 0 Å². The Kier molecular flexibility index (Phi) is 2.70. The van der Waals surface area contributed by atoms with Gasteiger partial charge in [0.1, 0.15) is 10.4 Å². The summed E-state index contributed by atoms with van der Waals surface area (Å²) in [5, 5.41) is 0. The minimum atomic E-state index is 0.512. The second-order valence-electron chi connectivity index (χ2n) is 3.56. The molecule has 4 heteroatoms. The predicted molar refractivity (Wildman–Crippen MR) is 60.2 cm³/mol. The molecule has 2 nitrogen and oxygen atoms in total. The molecule has 1 aliphatic heterocycles. The molecule has 13 heavy (non-hydrogen) atoms. The van der Waals surface area contributed by atoms with E-state index in [1.807, 2.05) is 11.8 Å². The summed E-state index contributed by atoms with van der Waals surface area (Å²) in [5.41, 5.74) is 1.21. The number of thioether (sulfide) groups is 1. The van der Waals surface area contributed by atoms with E-state index in [-0.39, 0.29) is 0 Å². The standard InChI is InChI=1S/C9H13BrN2S/c1-6(2)8-9(10)12-3-4-13-5-7(12)11-8/h6H,3-5H2,1-2H3. The number of fused-ring (bicyclic) bond motifs is 1. The number of hydrogen-bond acceptors (Lipinski definition) is 2. The molecule has 0 aromatic carbocycles. The van der Waals surface area contributed by atoms with Gasteiger partial charge in [0.2, 0.25) is 0 Å². The van der Waals surface area contributed by atoms with Gasteiger partial charge < -0.3 is 4.57 Å². The second-order valence-corrected chi connectivity index (χ2v) is 5.42. The number of nitrogens with zero attached hydrogens (tertiary/aromatic N) is 2. The van der Waals surface area contributed by atoms with Gasteiger partial charge in [-0.2, -0.15) is 11.8 Å². The summed E-state index contributed by atoms with van der Waals surface area (Å²) in [6.45, 7) is 5.47. The zero-order valence-corrected chi connectivity index (χ0v) is 10.3. The molecule has 0 unspecified atom stereocenters. The maximum absolute atomic E-state index is 4.65. The molecule has 72 valence electrons. The summed E-state index contributed by atoms with van der Waals surface area (Å²) in [5.74, 6) is 4.01.